The molecule has 140 valence electrons. The molecule has 3 aromatic rings. The summed E-state index contributed by atoms with van der Waals surface area (Å²) < 4.78 is 5.40. The third kappa shape index (κ3) is 4.04. The Labute approximate surface area is 162 Å². The van der Waals surface area contributed by atoms with Crippen LogP contribution in [-0.4, -0.2) is 39.2 Å². The summed E-state index contributed by atoms with van der Waals surface area (Å²) in [5.74, 6) is 0.414. The number of aryl methyl sites for hydroxylation is 1. The van der Waals surface area contributed by atoms with Crippen LogP contribution in [0.4, 0.5) is 0 Å². The van der Waals surface area contributed by atoms with Crippen molar-refractivity contribution in [3.05, 3.63) is 35.2 Å². The van der Waals surface area contributed by atoms with E-state index in [-0.39, 0.29) is 11.7 Å². The first-order valence-corrected chi connectivity index (χ1v) is 10.0. The number of ketones is 1. The second-order valence-corrected chi connectivity index (χ2v) is 8.25. The highest BCUT2D eigenvalue weighted by molar-refractivity contribution is 7.14. The van der Waals surface area contributed by atoms with Crippen molar-refractivity contribution in [1.29, 1.82) is 0 Å². The van der Waals surface area contributed by atoms with Gasteiger partial charge < -0.3 is 4.74 Å². The number of hydrogen-bond acceptors (Lipinski definition) is 7. The van der Waals surface area contributed by atoms with E-state index in [0.717, 1.165) is 57.9 Å². The molecule has 7 heteroatoms. The van der Waals surface area contributed by atoms with Crippen LogP contribution >= 0.6 is 11.3 Å². The van der Waals surface area contributed by atoms with Crippen LogP contribution < -0.4 is 0 Å². The first-order valence-electron chi connectivity index (χ1n) is 9.23. The molecule has 0 saturated heterocycles. The Hall–Kier alpha value is -2.25. The number of hydrogen-bond donors (Lipinski definition) is 0. The van der Waals surface area contributed by atoms with Gasteiger partial charge in [-0.05, 0) is 50.1 Å². The maximum absolute atomic E-state index is 12.7. The average molecular weight is 382 g/mol. The predicted octanol–water partition coefficient (Wildman–Crippen LogP) is 3.77. The lowest BCUT2D eigenvalue weighted by Gasteiger charge is -2.26. The largest absolute Gasteiger partial charge is 0.381 e. The van der Waals surface area contributed by atoms with Gasteiger partial charge in [-0.2, -0.15) is 0 Å². The zero-order valence-electron chi connectivity index (χ0n) is 15.5. The third-order valence-electron chi connectivity index (χ3n) is 5.22. The van der Waals surface area contributed by atoms with E-state index in [1.165, 1.54) is 11.3 Å². The molecule has 3 heterocycles. The maximum atomic E-state index is 12.7. The maximum Gasteiger partial charge on any atom is 0.166 e. The molecule has 6 nitrogen and oxygen atoms in total. The van der Waals surface area contributed by atoms with Crippen molar-refractivity contribution in [2.24, 2.45) is 5.92 Å². The number of aromatic nitrogens is 4. The number of pyridine rings is 2. The van der Waals surface area contributed by atoms with Crippen LogP contribution in [0.5, 0.6) is 0 Å². The number of methoxy groups -OCH3 is 1. The molecule has 1 aliphatic carbocycles. The SMILES string of the molecule is COC1CCC(C(=O)Cc2cc3cc(-c4nnc(C)s4)ncc3cn2)CC1. The van der Waals surface area contributed by atoms with E-state index in [1.54, 1.807) is 19.5 Å². The number of rotatable bonds is 5. The molecule has 0 spiro atoms. The zero-order chi connectivity index (χ0) is 18.8. The Bertz CT molecular complexity index is 964. The van der Waals surface area contributed by atoms with Crippen molar-refractivity contribution in [2.75, 3.05) is 7.11 Å². The molecule has 1 aliphatic rings. The van der Waals surface area contributed by atoms with E-state index in [1.807, 2.05) is 19.1 Å². The molecule has 27 heavy (non-hydrogen) atoms. The van der Waals surface area contributed by atoms with Crippen molar-refractivity contribution in [3.63, 3.8) is 0 Å². The highest BCUT2D eigenvalue weighted by Gasteiger charge is 2.26. The summed E-state index contributed by atoms with van der Waals surface area (Å²) in [7, 11) is 1.75. The molecular formula is C20H22N4O2S. The van der Waals surface area contributed by atoms with Crippen LogP contribution in [0.2, 0.25) is 0 Å². The second kappa shape index (κ2) is 7.78. The molecule has 3 aromatic heterocycles. The summed E-state index contributed by atoms with van der Waals surface area (Å²) in [6.45, 7) is 1.93. The molecule has 1 fully saturated rings. The topological polar surface area (TPSA) is 77.9 Å². The van der Waals surface area contributed by atoms with Gasteiger partial charge >= 0.3 is 0 Å². The smallest absolute Gasteiger partial charge is 0.166 e. The minimum atomic E-state index is 0.131. The number of Topliss-reactive ketones (excluding diaryl/α,β-unsaturated/α-hetero) is 1. The molecule has 0 N–H and O–H groups in total. The van der Waals surface area contributed by atoms with Gasteiger partial charge in [0.2, 0.25) is 0 Å². The summed E-state index contributed by atoms with van der Waals surface area (Å²) in [5.41, 5.74) is 1.61. The lowest BCUT2D eigenvalue weighted by Crippen LogP contribution is -2.26. The zero-order valence-corrected chi connectivity index (χ0v) is 16.3. The third-order valence-corrected chi connectivity index (χ3v) is 6.08. The minimum Gasteiger partial charge on any atom is -0.381 e. The van der Waals surface area contributed by atoms with Crippen molar-refractivity contribution in [2.45, 2.75) is 45.1 Å². The number of nitrogens with zero attached hydrogens (tertiary/aromatic N) is 4. The first kappa shape index (κ1) is 18.1. The van der Waals surface area contributed by atoms with E-state index >= 15 is 0 Å². The van der Waals surface area contributed by atoms with Crippen molar-refractivity contribution in [1.82, 2.24) is 20.2 Å². The van der Waals surface area contributed by atoms with Gasteiger partial charge in [0.05, 0.1) is 6.10 Å². The Morgan fingerprint density at radius 1 is 1.11 bits per heavy atom. The lowest BCUT2D eigenvalue weighted by atomic mass is 9.83. The Kier molecular flexibility index (Phi) is 5.22. The van der Waals surface area contributed by atoms with E-state index in [2.05, 4.69) is 20.2 Å². The van der Waals surface area contributed by atoms with Gasteiger partial charge in [-0.15, -0.1) is 10.2 Å². The number of fused-ring (bicyclic) bond motifs is 1. The fourth-order valence-electron chi connectivity index (χ4n) is 3.64. The molecule has 0 amide bonds. The molecule has 4 rings (SSSR count). The van der Waals surface area contributed by atoms with Crippen LogP contribution in [-0.2, 0) is 16.0 Å². The summed E-state index contributed by atoms with van der Waals surface area (Å²) >= 11 is 1.52. The van der Waals surface area contributed by atoms with Gasteiger partial charge in [0, 0.05) is 42.9 Å². The second-order valence-electron chi connectivity index (χ2n) is 7.07. The Morgan fingerprint density at radius 2 is 1.89 bits per heavy atom. The Morgan fingerprint density at radius 3 is 2.59 bits per heavy atom. The quantitative estimate of drug-likeness (QED) is 0.668. The number of ether oxygens (including phenoxy) is 1. The molecule has 0 atom stereocenters. The van der Waals surface area contributed by atoms with Crippen LogP contribution in [0.1, 0.15) is 36.4 Å². The van der Waals surface area contributed by atoms with E-state index in [9.17, 15) is 4.79 Å². The van der Waals surface area contributed by atoms with Crippen LogP contribution in [0, 0.1) is 12.8 Å². The highest BCUT2D eigenvalue weighted by atomic mass is 32.1. The van der Waals surface area contributed by atoms with Gasteiger partial charge in [-0.1, -0.05) is 11.3 Å². The molecular weight excluding hydrogens is 360 g/mol. The minimum absolute atomic E-state index is 0.131. The van der Waals surface area contributed by atoms with Gasteiger partial charge in [-0.3, -0.25) is 14.8 Å². The number of carbonyl (C=O) groups is 1. The summed E-state index contributed by atoms with van der Waals surface area (Å²) in [6.07, 6.45) is 8.04. The van der Waals surface area contributed by atoms with E-state index < -0.39 is 0 Å². The van der Waals surface area contributed by atoms with Gasteiger partial charge in [0.1, 0.15) is 16.5 Å². The van der Waals surface area contributed by atoms with Gasteiger partial charge in [0.15, 0.2) is 5.01 Å². The van der Waals surface area contributed by atoms with Crippen LogP contribution in [0.15, 0.2) is 24.5 Å². The fourth-order valence-corrected chi connectivity index (χ4v) is 4.30. The predicted molar refractivity (Wildman–Crippen MR) is 105 cm³/mol. The molecule has 0 aromatic carbocycles. The van der Waals surface area contributed by atoms with E-state index in [4.69, 9.17) is 4.74 Å². The van der Waals surface area contributed by atoms with E-state index in [0.29, 0.717) is 12.5 Å². The fraction of sp³-hybridized carbons (Fsp3) is 0.450. The summed E-state index contributed by atoms with van der Waals surface area (Å²) in [5, 5.41) is 11.9. The van der Waals surface area contributed by atoms with Gasteiger partial charge in [-0.25, -0.2) is 0 Å². The van der Waals surface area contributed by atoms with Crippen LogP contribution in [0.25, 0.3) is 21.5 Å². The first-order chi connectivity index (χ1) is 13.1. The number of carbonyl (C=O) groups excluding carboxylic acids is 1. The Balaban J connectivity index is 1.51. The molecule has 1 saturated carbocycles. The monoisotopic (exact) mass is 382 g/mol. The molecule has 0 unspecified atom stereocenters. The van der Waals surface area contributed by atoms with Crippen molar-refractivity contribution < 1.29 is 9.53 Å². The summed E-state index contributed by atoms with van der Waals surface area (Å²) in [6, 6.07) is 3.99. The molecule has 0 aliphatic heterocycles. The van der Waals surface area contributed by atoms with Crippen LogP contribution in [0.3, 0.4) is 0 Å². The van der Waals surface area contributed by atoms with Gasteiger partial charge in [0.25, 0.3) is 0 Å². The molecule has 0 radical (unpaired) electrons. The van der Waals surface area contributed by atoms with Crippen molar-refractivity contribution in [3.8, 4) is 10.7 Å². The highest BCUT2D eigenvalue weighted by Crippen LogP contribution is 2.28. The van der Waals surface area contributed by atoms with Crippen molar-refractivity contribution >= 4 is 27.9 Å². The summed E-state index contributed by atoms with van der Waals surface area (Å²) in [4.78, 5) is 21.6. The average Bonchev–Trinajstić information content (AvgIpc) is 3.14. The lowest BCUT2D eigenvalue weighted by molar-refractivity contribution is -0.124. The molecule has 0 bridgehead atoms. The normalized spacial score (nSPS) is 20.1. The standard InChI is InChI=1S/C20H22N4O2S/c1-12-23-24-20(27-12)18-8-14-7-16(21-10-15(14)11-22-18)9-19(25)13-3-5-17(26-2)6-4-13/h7-8,10-11,13,17H,3-6,9H2,1-2H3.